The van der Waals surface area contributed by atoms with Crippen molar-refractivity contribution in [2.24, 2.45) is 5.73 Å². The molecule has 0 rings (SSSR count). The number of hydrogen-bond donors (Lipinski definition) is 3. The Hall–Kier alpha value is -1.93. The van der Waals surface area contributed by atoms with Gasteiger partial charge in [0.15, 0.2) is 0 Å². The number of carbonyl (C=O) groups is 3. The molecule has 0 aromatic rings. The SMILES string of the molecule is CS(=O)(=O)OC(CC(=O)O)CC(N)C(OC(=O)C(F)(F)F)C(=O)O. The van der Waals surface area contributed by atoms with Gasteiger partial charge in [-0.15, -0.1) is 0 Å². The van der Waals surface area contributed by atoms with Crippen LogP contribution in [0.15, 0.2) is 0 Å². The van der Waals surface area contributed by atoms with Crippen LogP contribution in [0, 0.1) is 0 Å². The van der Waals surface area contributed by atoms with Crippen molar-refractivity contribution in [2.45, 2.75) is 37.3 Å². The van der Waals surface area contributed by atoms with Gasteiger partial charge in [-0.2, -0.15) is 21.6 Å². The standard InChI is InChI=1S/C10H14F3NO9S/c1-24(20,21)23-4(3-6(15)16)2-5(14)7(8(17)18)22-9(19)10(11,12)13/h4-5,7H,2-3,14H2,1H3,(H,15,16)(H,17,18). The third kappa shape index (κ3) is 8.64. The topological polar surface area (TPSA) is 170 Å². The Morgan fingerprint density at radius 1 is 1.21 bits per heavy atom. The monoisotopic (exact) mass is 381 g/mol. The molecule has 24 heavy (non-hydrogen) atoms. The normalized spacial score (nSPS) is 16.0. The lowest BCUT2D eigenvalue weighted by atomic mass is 10.0. The minimum atomic E-state index is -5.48. The fourth-order valence-electron chi connectivity index (χ4n) is 1.53. The zero-order valence-electron chi connectivity index (χ0n) is 12.0. The quantitative estimate of drug-likeness (QED) is 0.335. The molecule has 0 aromatic carbocycles. The third-order valence-electron chi connectivity index (χ3n) is 2.35. The van der Waals surface area contributed by atoms with Gasteiger partial charge in [-0.05, 0) is 6.42 Å². The molecule has 14 heteroatoms. The van der Waals surface area contributed by atoms with Crippen LogP contribution < -0.4 is 5.73 Å². The number of halogens is 3. The van der Waals surface area contributed by atoms with E-state index in [2.05, 4.69) is 8.92 Å². The van der Waals surface area contributed by atoms with E-state index in [1.807, 2.05) is 0 Å². The van der Waals surface area contributed by atoms with Crippen molar-refractivity contribution in [3.8, 4) is 0 Å². The van der Waals surface area contributed by atoms with Crippen molar-refractivity contribution < 1.29 is 55.1 Å². The summed E-state index contributed by atoms with van der Waals surface area (Å²) in [6.45, 7) is 0. The summed E-state index contributed by atoms with van der Waals surface area (Å²) in [5, 5.41) is 17.4. The molecule has 0 spiro atoms. The summed E-state index contributed by atoms with van der Waals surface area (Å²) in [5.41, 5.74) is 5.31. The van der Waals surface area contributed by atoms with Crippen LogP contribution in [0.2, 0.25) is 0 Å². The van der Waals surface area contributed by atoms with Crippen LogP contribution in [0.3, 0.4) is 0 Å². The van der Waals surface area contributed by atoms with Gasteiger partial charge >= 0.3 is 24.1 Å². The van der Waals surface area contributed by atoms with Crippen molar-refractivity contribution >= 4 is 28.0 Å². The number of rotatable bonds is 9. The van der Waals surface area contributed by atoms with E-state index < -0.39 is 65.3 Å². The van der Waals surface area contributed by atoms with Crippen LogP contribution in [0.1, 0.15) is 12.8 Å². The largest absolute Gasteiger partial charge is 0.490 e. The molecule has 140 valence electrons. The summed E-state index contributed by atoms with van der Waals surface area (Å²) in [6.07, 6.45) is -10.8. The van der Waals surface area contributed by atoms with E-state index in [-0.39, 0.29) is 0 Å². The number of carboxylic acid groups (broad SMARTS) is 2. The third-order valence-corrected chi connectivity index (χ3v) is 2.97. The van der Waals surface area contributed by atoms with Crippen molar-refractivity contribution in [2.75, 3.05) is 6.26 Å². The Labute approximate surface area is 133 Å². The molecule has 0 saturated carbocycles. The lowest BCUT2D eigenvalue weighted by Gasteiger charge is -2.24. The molecular weight excluding hydrogens is 367 g/mol. The summed E-state index contributed by atoms with van der Waals surface area (Å²) >= 11 is 0. The number of aliphatic carboxylic acids is 2. The maximum absolute atomic E-state index is 12.1. The van der Waals surface area contributed by atoms with Gasteiger partial charge in [-0.1, -0.05) is 0 Å². The van der Waals surface area contributed by atoms with Crippen LogP contribution in [0.5, 0.6) is 0 Å². The minimum Gasteiger partial charge on any atom is -0.481 e. The number of esters is 1. The van der Waals surface area contributed by atoms with E-state index in [0.29, 0.717) is 6.26 Å². The lowest BCUT2D eigenvalue weighted by molar-refractivity contribution is -0.208. The van der Waals surface area contributed by atoms with Gasteiger partial charge in [0.2, 0.25) is 6.10 Å². The first-order chi connectivity index (χ1) is 10.6. The van der Waals surface area contributed by atoms with Crippen LogP contribution in [0.25, 0.3) is 0 Å². The molecule has 3 unspecified atom stereocenters. The summed E-state index contributed by atoms with van der Waals surface area (Å²) < 4.78 is 66.4. The molecule has 0 aliphatic carbocycles. The molecule has 0 bridgehead atoms. The van der Waals surface area contributed by atoms with E-state index in [4.69, 9.17) is 15.9 Å². The fraction of sp³-hybridized carbons (Fsp3) is 0.700. The first kappa shape index (κ1) is 22.1. The molecular formula is C10H14F3NO9S. The number of carbonyl (C=O) groups excluding carboxylic acids is 1. The molecule has 0 aliphatic heterocycles. The van der Waals surface area contributed by atoms with Gasteiger partial charge in [0.05, 0.1) is 24.8 Å². The van der Waals surface area contributed by atoms with Gasteiger partial charge in [0, 0.05) is 0 Å². The number of ether oxygens (including phenoxy) is 1. The first-order valence-electron chi connectivity index (χ1n) is 5.99. The Kier molecular flexibility index (Phi) is 7.59. The second-order valence-electron chi connectivity index (χ2n) is 4.58. The van der Waals surface area contributed by atoms with E-state index in [1.54, 1.807) is 0 Å². The van der Waals surface area contributed by atoms with Crippen LogP contribution >= 0.6 is 0 Å². The predicted molar refractivity (Wildman–Crippen MR) is 68.1 cm³/mol. The maximum Gasteiger partial charge on any atom is 0.490 e. The van der Waals surface area contributed by atoms with Crippen molar-refractivity contribution in [1.82, 2.24) is 0 Å². The molecule has 0 saturated heterocycles. The highest BCUT2D eigenvalue weighted by Gasteiger charge is 2.45. The molecule has 3 atom stereocenters. The number of hydrogen-bond acceptors (Lipinski definition) is 8. The molecule has 0 radical (unpaired) electrons. The highest BCUT2D eigenvalue weighted by molar-refractivity contribution is 7.86. The Bertz CT molecular complexity index is 589. The second-order valence-corrected chi connectivity index (χ2v) is 6.18. The molecule has 0 aromatic heterocycles. The minimum absolute atomic E-state index is 0.575. The van der Waals surface area contributed by atoms with Gasteiger partial charge in [0.25, 0.3) is 10.1 Å². The highest BCUT2D eigenvalue weighted by atomic mass is 32.2. The number of nitrogens with two attached hydrogens (primary N) is 1. The van der Waals surface area contributed by atoms with Crippen LogP contribution in [0.4, 0.5) is 13.2 Å². The highest BCUT2D eigenvalue weighted by Crippen LogP contribution is 2.20. The molecule has 4 N–H and O–H groups in total. The zero-order chi connectivity index (χ0) is 19.3. The first-order valence-corrected chi connectivity index (χ1v) is 7.81. The van der Waals surface area contributed by atoms with E-state index in [1.165, 1.54) is 0 Å². The summed E-state index contributed by atoms with van der Waals surface area (Å²) in [6, 6.07) is -1.86. The summed E-state index contributed by atoms with van der Waals surface area (Å²) in [7, 11) is -4.16. The van der Waals surface area contributed by atoms with Crippen molar-refractivity contribution in [3.05, 3.63) is 0 Å². The van der Waals surface area contributed by atoms with Crippen LogP contribution in [-0.4, -0.2) is 67.2 Å². The van der Waals surface area contributed by atoms with Crippen LogP contribution in [-0.2, 0) is 33.4 Å². The smallest absolute Gasteiger partial charge is 0.481 e. The van der Waals surface area contributed by atoms with Crippen molar-refractivity contribution in [1.29, 1.82) is 0 Å². The Morgan fingerprint density at radius 3 is 2.04 bits per heavy atom. The lowest BCUT2D eigenvalue weighted by Crippen LogP contribution is -2.48. The summed E-state index contributed by atoms with van der Waals surface area (Å²) in [4.78, 5) is 32.2. The average molecular weight is 381 g/mol. The molecule has 0 amide bonds. The zero-order valence-corrected chi connectivity index (χ0v) is 12.8. The van der Waals surface area contributed by atoms with E-state index in [9.17, 15) is 36.0 Å². The number of carboxylic acids is 2. The number of alkyl halides is 3. The average Bonchev–Trinajstić information content (AvgIpc) is 2.30. The van der Waals surface area contributed by atoms with E-state index >= 15 is 0 Å². The Morgan fingerprint density at radius 2 is 1.71 bits per heavy atom. The van der Waals surface area contributed by atoms with Gasteiger partial charge in [0.1, 0.15) is 0 Å². The van der Waals surface area contributed by atoms with Crippen molar-refractivity contribution in [3.63, 3.8) is 0 Å². The molecule has 0 fully saturated rings. The van der Waals surface area contributed by atoms with E-state index in [0.717, 1.165) is 0 Å². The maximum atomic E-state index is 12.1. The van der Waals surface area contributed by atoms with Gasteiger partial charge < -0.3 is 20.7 Å². The second kappa shape index (κ2) is 8.25. The fourth-order valence-corrected chi connectivity index (χ4v) is 2.17. The van der Waals surface area contributed by atoms with Gasteiger partial charge in [-0.3, -0.25) is 8.98 Å². The molecule has 10 nitrogen and oxygen atoms in total. The van der Waals surface area contributed by atoms with Gasteiger partial charge in [-0.25, -0.2) is 9.59 Å². The molecule has 0 aliphatic rings. The predicted octanol–water partition coefficient (Wildman–Crippen LogP) is -0.918. The Balaban J connectivity index is 5.18. The summed E-state index contributed by atoms with van der Waals surface area (Å²) in [5.74, 6) is -6.38. The molecule has 0 heterocycles.